The van der Waals surface area contributed by atoms with Crippen LogP contribution in [0.25, 0.3) is 11.3 Å². The highest BCUT2D eigenvalue weighted by Gasteiger charge is 2.42. The van der Waals surface area contributed by atoms with Crippen LogP contribution in [0.15, 0.2) is 47.5 Å². The number of hydrogen-bond donors (Lipinski definition) is 1. The van der Waals surface area contributed by atoms with E-state index in [1.165, 1.54) is 17.0 Å². The summed E-state index contributed by atoms with van der Waals surface area (Å²) >= 11 is 0. The van der Waals surface area contributed by atoms with E-state index in [1.54, 1.807) is 4.90 Å². The first-order chi connectivity index (χ1) is 14.1. The Morgan fingerprint density at radius 2 is 1.87 bits per heavy atom. The van der Waals surface area contributed by atoms with Crippen LogP contribution in [0.4, 0.5) is 4.79 Å². The Bertz CT molecular complexity index is 925. The first-order valence-electron chi connectivity index (χ1n) is 10.5. The number of likely N-dealkylation sites (tertiary alicyclic amines) is 1. The van der Waals surface area contributed by atoms with E-state index in [-0.39, 0.29) is 11.7 Å². The number of rotatable bonds is 4. The lowest BCUT2D eigenvalue weighted by atomic mass is 9.82. The molecule has 1 aliphatic rings. The summed E-state index contributed by atoms with van der Waals surface area (Å²) in [7, 11) is 0. The smallest absolute Gasteiger partial charge is 0.410 e. The Kier molecular flexibility index (Phi) is 6.31. The Hall–Kier alpha value is -2.67. The number of ether oxygens (including phenoxy) is 1. The van der Waals surface area contributed by atoms with Crippen LogP contribution in [0.5, 0.6) is 0 Å². The molecule has 3 rings (SSSR count). The van der Waals surface area contributed by atoms with Crippen LogP contribution in [0.3, 0.4) is 0 Å². The maximum absolute atomic E-state index is 12.9. The van der Waals surface area contributed by atoms with E-state index in [0.717, 1.165) is 5.56 Å². The summed E-state index contributed by atoms with van der Waals surface area (Å²) in [5.41, 5.74) is -0.361. The first-order valence-corrected chi connectivity index (χ1v) is 10.5. The van der Waals surface area contributed by atoms with Crippen LogP contribution in [-0.4, -0.2) is 49.9 Å². The van der Waals surface area contributed by atoms with Gasteiger partial charge in [-0.15, -0.1) is 0 Å². The van der Waals surface area contributed by atoms with Gasteiger partial charge in [-0.1, -0.05) is 37.3 Å². The second-order valence-electron chi connectivity index (χ2n) is 8.88. The van der Waals surface area contributed by atoms with Crippen LogP contribution in [0.1, 0.15) is 53.0 Å². The van der Waals surface area contributed by atoms with E-state index in [2.05, 4.69) is 4.98 Å². The highest BCUT2D eigenvalue weighted by atomic mass is 16.6. The lowest BCUT2D eigenvalue weighted by Crippen LogP contribution is -2.52. The van der Waals surface area contributed by atoms with Crippen molar-refractivity contribution in [3.05, 3.63) is 53.1 Å². The van der Waals surface area contributed by atoms with E-state index in [1.807, 2.05) is 58.0 Å². The van der Waals surface area contributed by atoms with E-state index >= 15 is 0 Å². The van der Waals surface area contributed by atoms with Gasteiger partial charge in [0.2, 0.25) is 0 Å². The quantitative estimate of drug-likeness (QED) is 0.827. The second kappa shape index (κ2) is 8.60. The molecule has 0 spiro atoms. The van der Waals surface area contributed by atoms with Crippen LogP contribution >= 0.6 is 0 Å². The lowest BCUT2D eigenvalue weighted by Gasteiger charge is -2.43. The van der Waals surface area contributed by atoms with Crippen LogP contribution in [0.2, 0.25) is 0 Å². The minimum absolute atomic E-state index is 0.196. The maximum Gasteiger partial charge on any atom is 0.410 e. The summed E-state index contributed by atoms with van der Waals surface area (Å²) < 4.78 is 6.95. The number of piperidine rings is 1. The monoisotopic (exact) mass is 413 g/mol. The van der Waals surface area contributed by atoms with Gasteiger partial charge in [-0.3, -0.25) is 9.36 Å². The third-order valence-electron chi connectivity index (χ3n) is 5.53. The van der Waals surface area contributed by atoms with Crippen LogP contribution in [-0.2, 0) is 4.74 Å². The molecule has 1 aromatic heterocycles. The zero-order chi connectivity index (χ0) is 21.9. The largest absolute Gasteiger partial charge is 0.444 e. The highest BCUT2D eigenvalue weighted by Crippen LogP contribution is 2.35. The standard InChI is InChI=1S/C23H31N3O4/c1-5-19(23(29)11-13-25(14-12-23)21(28)30-22(2,3)4)26-16-24-18(15-20(26)27)17-9-7-6-8-10-17/h6-10,15-16,19,29H,5,11-14H2,1-4H3/t19-/m1/s1. The van der Waals surface area contributed by atoms with Crippen LogP contribution in [0, 0.1) is 0 Å². The molecule has 1 atom stereocenters. The molecule has 7 heteroatoms. The topological polar surface area (TPSA) is 84.7 Å². The minimum Gasteiger partial charge on any atom is -0.444 e. The molecule has 2 heterocycles. The molecule has 1 N–H and O–H groups in total. The molecule has 162 valence electrons. The number of hydrogen-bond acceptors (Lipinski definition) is 5. The van der Waals surface area contributed by atoms with Crippen molar-refractivity contribution in [1.82, 2.24) is 14.5 Å². The molecule has 2 aromatic rings. The summed E-state index contributed by atoms with van der Waals surface area (Å²) in [6.07, 6.45) is 2.48. The fourth-order valence-corrected chi connectivity index (χ4v) is 3.98. The van der Waals surface area contributed by atoms with Gasteiger partial charge in [0.05, 0.1) is 23.7 Å². The molecule has 7 nitrogen and oxygen atoms in total. The summed E-state index contributed by atoms with van der Waals surface area (Å²) in [4.78, 5) is 31.2. The molecule has 0 saturated carbocycles. The van der Waals surface area contributed by atoms with Gasteiger partial charge < -0.3 is 14.7 Å². The summed E-state index contributed by atoms with van der Waals surface area (Å²) in [5.74, 6) is 0. The van der Waals surface area contributed by atoms with Gasteiger partial charge >= 0.3 is 6.09 Å². The number of nitrogens with zero attached hydrogens (tertiary/aromatic N) is 3. The van der Waals surface area contributed by atoms with E-state index in [0.29, 0.717) is 38.0 Å². The number of aromatic nitrogens is 2. The zero-order valence-electron chi connectivity index (χ0n) is 18.2. The molecule has 0 aliphatic carbocycles. The average Bonchev–Trinajstić information content (AvgIpc) is 2.69. The van der Waals surface area contributed by atoms with Gasteiger partial charge in [0, 0.05) is 24.7 Å². The molecular formula is C23H31N3O4. The SMILES string of the molecule is CC[C@@H](n1cnc(-c2ccccc2)cc1=O)C1(O)CCN(C(=O)OC(C)(C)C)CC1. The normalized spacial score (nSPS) is 17.4. The molecule has 0 unspecified atom stereocenters. The molecule has 1 amide bonds. The summed E-state index contributed by atoms with van der Waals surface area (Å²) in [5, 5.41) is 11.4. The summed E-state index contributed by atoms with van der Waals surface area (Å²) in [6, 6.07) is 10.6. The van der Waals surface area contributed by atoms with Crippen molar-refractivity contribution in [3.63, 3.8) is 0 Å². The Balaban J connectivity index is 1.76. The van der Waals surface area contributed by atoms with E-state index < -0.39 is 17.2 Å². The van der Waals surface area contributed by atoms with Crippen molar-refractivity contribution in [1.29, 1.82) is 0 Å². The molecule has 1 aliphatic heterocycles. The van der Waals surface area contributed by atoms with Gasteiger partial charge in [-0.05, 0) is 40.0 Å². The number of carbonyl (C=O) groups excluding carboxylic acids is 1. The maximum atomic E-state index is 12.9. The van der Waals surface area contributed by atoms with E-state index in [9.17, 15) is 14.7 Å². The number of carbonyl (C=O) groups is 1. The van der Waals surface area contributed by atoms with Crippen molar-refractivity contribution < 1.29 is 14.6 Å². The molecule has 1 fully saturated rings. The van der Waals surface area contributed by atoms with Gasteiger partial charge in [-0.2, -0.15) is 0 Å². The fourth-order valence-electron chi connectivity index (χ4n) is 3.98. The highest BCUT2D eigenvalue weighted by molar-refractivity contribution is 5.68. The third kappa shape index (κ3) is 4.90. The van der Waals surface area contributed by atoms with Gasteiger partial charge in [0.15, 0.2) is 0 Å². The minimum atomic E-state index is -1.09. The van der Waals surface area contributed by atoms with Crippen molar-refractivity contribution >= 4 is 6.09 Å². The van der Waals surface area contributed by atoms with Gasteiger partial charge in [0.1, 0.15) is 5.60 Å². The van der Waals surface area contributed by atoms with Crippen molar-refractivity contribution in [3.8, 4) is 11.3 Å². The Labute approximate surface area is 177 Å². The van der Waals surface area contributed by atoms with Crippen molar-refractivity contribution in [2.24, 2.45) is 0 Å². The number of benzene rings is 1. The number of amides is 1. The summed E-state index contributed by atoms with van der Waals surface area (Å²) in [6.45, 7) is 8.20. The predicted octanol–water partition coefficient (Wildman–Crippen LogP) is 3.62. The third-order valence-corrected chi connectivity index (χ3v) is 5.53. The molecule has 0 radical (unpaired) electrons. The lowest BCUT2D eigenvalue weighted by molar-refractivity contribution is -0.0663. The first kappa shape index (κ1) is 22.0. The molecule has 0 bridgehead atoms. The van der Waals surface area contributed by atoms with E-state index in [4.69, 9.17) is 4.74 Å². The molecule has 1 aromatic carbocycles. The fraction of sp³-hybridized carbons (Fsp3) is 0.522. The molecular weight excluding hydrogens is 382 g/mol. The van der Waals surface area contributed by atoms with Gasteiger partial charge in [-0.25, -0.2) is 9.78 Å². The molecule has 30 heavy (non-hydrogen) atoms. The average molecular weight is 414 g/mol. The number of aliphatic hydroxyl groups is 1. The van der Waals surface area contributed by atoms with Gasteiger partial charge in [0.25, 0.3) is 5.56 Å². The second-order valence-corrected chi connectivity index (χ2v) is 8.88. The molecule has 1 saturated heterocycles. The van der Waals surface area contributed by atoms with Crippen LogP contribution < -0.4 is 5.56 Å². The Morgan fingerprint density at radius 3 is 2.40 bits per heavy atom. The van der Waals surface area contributed by atoms with Crippen molar-refractivity contribution in [2.75, 3.05) is 13.1 Å². The van der Waals surface area contributed by atoms with Crippen molar-refractivity contribution in [2.45, 2.75) is 64.2 Å². The zero-order valence-corrected chi connectivity index (χ0v) is 18.2. The predicted molar refractivity (Wildman–Crippen MR) is 115 cm³/mol. The Morgan fingerprint density at radius 1 is 1.23 bits per heavy atom.